The van der Waals surface area contributed by atoms with Gasteiger partial charge in [0.1, 0.15) is 5.70 Å². The number of fused-ring (bicyclic) bond motifs is 1. The van der Waals surface area contributed by atoms with E-state index in [9.17, 15) is 14.9 Å². The number of alkyl halides is 1. The first kappa shape index (κ1) is 15.6. The quantitative estimate of drug-likeness (QED) is 0.360. The number of benzene rings is 1. The number of hydrogen-bond acceptors (Lipinski definition) is 4. The molecule has 0 heterocycles. The maximum atomic E-state index is 12.6. The van der Waals surface area contributed by atoms with Gasteiger partial charge in [-0.05, 0) is 38.3 Å². The maximum Gasteiger partial charge on any atom is 0.276 e. The van der Waals surface area contributed by atoms with Crippen molar-refractivity contribution in [1.29, 1.82) is 0 Å². The van der Waals surface area contributed by atoms with Crippen molar-refractivity contribution >= 4 is 33.6 Å². The summed E-state index contributed by atoms with van der Waals surface area (Å²) in [5.74, 6) is -0.236. The van der Waals surface area contributed by atoms with Crippen molar-refractivity contribution in [2.75, 3.05) is 5.33 Å². The third-order valence-electron chi connectivity index (χ3n) is 3.57. The van der Waals surface area contributed by atoms with E-state index in [0.717, 1.165) is 5.57 Å². The lowest BCUT2D eigenvalue weighted by Crippen LogP contribution is -2.08. The van der Waals surface area contributed by atoms with Gasteiger partial charge in [-0.3, -0.25) is 19.9 Å². The lowest BCUT2D eigenvalue weighted by Gasteiger charge is -2.08. The summed E-state index contributed by atoms with van der Waals surface area (Å²) in [6, 6.07) is 3.30. The van der Waals surface area contributed by atoms with Gasteiger partial charge in [-0.1, -0.05) is 22.0 Å². The van der Waals surface area contributed by atoms with Crippen molar-refractivity contribution < 1.29 is 9.72 Å². The Labute approximate surface area is 131 Å². The molecular formula is C15H15BrN2O3. The average molecular weight is 351 g/mol. The highest BCUT2D eigenvalue weighted by Crippen LogP contribution is 2.33. The summed E-state index contributed by atoms with van der Waals surface area (Å²) in [4.78, 5) is 27.7. The standard InChI is InChI=1S/C15H15BrN2O3/c1-9-3-5-11-12(15(19)13(9)17-8-7-16)6-4-10(2)14(11)18(20)21/h4,6,8H,3,5,7H2,1-2H3. The number of nitro groups is 1. The van der Waals surface area contributed by atoms with Crippen LogP contribution in [0.4, 0.5) is 5.69 Å². The molecule has 0 spiro atoms. The van der Waals surface area contributed by atoms with Crippen LogP contribution in [0.2, 0.25) is 0 Å². The van der Waals surface area contributed by atoms with E-state index < -0.39 is 4.92 Å². The summed E-state index contributed by atoms with van der Waals surface area (Å²) in [6.45, 7) is 3.54. The molecule has 2 rings (SSSR count). The number of allylic oxidation sites excluding steroid dienone is 2. The minimum Gasteiger partial charge on any atom is -0.287 e. The van der Waals surface area contributed by atoms with Crippen LogP contribution in [0.25, 0.3) is 0 Å². The second-order valence-corrected chi connectivity index (χ2v) is 5.59. The predicted octanol–water partition coefficient (Wildman–Crippen LogP) is 3.77. The van der Waals surface area contributed by atoms with Gasteiger partial charge in [-0.15, -0.1) is 0 Å². The van der Waals surface area contributed by atoms with E-state index in [1.165, 1.54) is 0 Å². The number of hydrogen-bond donors (Lipinski definition) is 0. The summed E-state index contributed by atoms with van der Waals surface area (Å²) >= 11 is 3.24. The van der Waals surface area contributed by atoms with Crippen molar-refractivity contribution in [2.45, 2.75) is 26.7 Å². The highest BCUT2D eigenvalue weighted by Gasteiger charge is 2.28. The van der Waals surface area contributed by atoms with Gasteiger partial charge in [0.25, 0.3) is 5.69 Å². The van der Waals surface area contributed by atoms with Crippen LogP contribution in [0.15, 0.2) is 28.4 Å². The molecule has 1 aromatic carbocycles. The molecule has 0 aliphatic heterocycles. The van der Waals surface area contributed by atoms with Gasteiger partial charge in [0.2, 0.25) is 5.78 Å². The van der Waals surface area contributed by atoms with Gasteiger partial charge in [-0.2, -0.15) is 0 Å². The van der Waals surface area contributed by atoms with Gasteiger partial charge in [0.05, 0.1) is 4.92 Å². The van der Waals surface area contributed by atoms with Gasteiger partial charge in [0.15, 0.2) is 0 Å². The topological polar surface area (TPSA) is 72.6 Å². The molecule has 0 saturated carbocycles. The van der Waals surface area contributed by atoms with Crippen LogP contribution in [-0.2, 0) is 6.42 Å². The van der Waals surface area contributed by atoms with Gasteiger partial charge in [0, 0.05) is 28.2 Å². The van der Waals surface area contributed by atoms with E-state index in [4.69, 9.17) is 0 Å². The van der Waals surface area contributed by atoms with E-state index in [0.29, 0.717) is 40.6 Å². The molecule has 0 fully saturated rings. The highest BCUT2D eigenvalue weighted by molar-refractivity contribution is 9.09. The molecule has 1 aliphatic carbocycles. The lowest BCUT2D eigenvalue weighted by molar-refractivity contribution is -0.386. The van der Waals surface area contributed by atoms with Crippen LogP contribution in [0.1, 0.15) is 34.8 Å². The first-order valence-electron chi connectivity index (χ1n) is 6.57. The average Bonchev–Trinajstić information content (AvgIpc) is 2.54. The van der Waals surface area contributed by atoms with E-state index in [1.807, 2.05) is 6.92 Å². The van der Waals surface area contributed by atoms with Gasteiger partial charge < -0.3 is 0 Å². The summed E-state index contributed by atoms with van der Waals surface area (Å²) < 4.78 is 0. The molecule has 0 amide bonds. The lowest BCUT2D eigenvalue weighted by atomic mass is 9.96. The molecule has 0 unspecified atom stereocenters. The minimum atomic E-state index is -0.399. The fraction of sp³-hybridized carbons (Fsp3) is 0.333. The number of carbonyl (C=O) groups is 1. The second kappa shape index (κ2) is 6.30. The molecule has 0 atom stereocenters. The molecule has 1 aliphatic rings. The molecule has 6 heteroatoms. The number of halogens is 1. The van der Waals surface area contributed by atoms with Crippen LogP contribution < -0.4 is 0 Å². The first-order valence-corrected chi connectivity index (χ1v) is 7.69. The maximum absolute atomic E-state index is 12.6. The van der Waals surface area contributed by atoms with E-state index in [-0.39, 0.29) is 11.5 Å². The van der Waals surface area contributed by atoms with Crippen molar-refractivity contribution in [3.63, 3.8) is 0 Å². The first-order chi connectivity index (χ1) is 9.97. The van der Waals surface area contributed by atoms with Crippen molar-refractivity contribution in [2.24, 2.45) is 4.99 Å². The third kappa shape index (κ3) is 2.95. The summed E-state index contributed by atoms with van der Waals surface area (Å²) in [5, 5.41) is 11.8. The van der Waals surface area contributed by atoms with E-state index >= 15 is 0 Å². The number of carbonyl (C=O) groups excluding carboxylic acids is 1. The zero-order valence-corrected chi connectivity index (χ0v) is 13.4. The molecule has 5 nitrogen and oxygen atoms in total. The number of aliphatic imine (C=N–C) groups is 1. The SMILES string of the molecule is CC1=C(N=CCBr)C(=O)c2ccc(C)c([N+](=O)[O-])c2CC1. The van der Waals surface area contributed by atoms with Crippen LogP contribution >= 0.6 is 15.9 Å². The Morgan fingerprint density at radius 2 is 2.10 bits per heavy atom. The molecule has 0 bridgehead atoms. The number of Topliss-reactive ketones (excluding diaryl/α,β-unsaturated/α-hetero) is 1. The molecule has 1 aromatic rings. The molecular weight excluding hydrogens is 336 g/mol. The Hall–Kier alpha value is -1.82. The highest BCUT2D eigenvalue weighted by atomic mass is 79.9. The molecule has 21 heavy (non-hydrogen) atoms. The number of ketones is 1. The summed E-state index contributed by atoms with van der Waals surface area (Å²) in [7, 11) is 0. The molecule has 0 saturated heterocycles. The van der Waals surface area contributed by atoms with Crippen LogP contribution in [0.5, 0.6) is 0 Å². The Morgan fingerprint density at radius 3 is 2.71 bits per heavy atom. The third-order valence-corrected chi connectivity index (χ3v) is 3.86. The van der Waals surface area contributed by atoms with Gasteiger partial charge >= 0.3 is 0 Å². The van der Waals surface area contributed by atoms with Crippen LogP contribution in [0, 0.1) is 17.0 Å². The monoisotopic (exact) mass is 350 g/mol. The van der Waals surface area contributed by atoms with Gasteiger partial charge in [-0.25, -0.2) is 0 Å². The fourth-order valence-electron chi connectivity index (χ4n) is 2.52. The predicted molar refractivity (Wildman–Crippen MR) is 85.5 cm³/mol. The van der Waals surface area contributed by atoms with E-state index in [1.54, 1.807) is 25.3 Å². The van der Waals surface area contributed by atoms with E-state index in [2.05, 4.69) is 20.9 Å². The molecule has 0 aromatic heterocycles. The minimum absolute atomic E-state index is 0.0550. The zero-order valence-electron chi connectivity index (χ0n) is 11.9. The Kier molecular flexibility index (Phi) is 4.67. The Morgan fingerprint density at radius 1 is 1.38 bits per heavy atom. The molecule has 0 N–H and O–H groups in total. The van der Waals surface area contributed by atoms with Crippen LogP contribution in [-0.4, -0.2) is 22.3 Å². The fourth-order valence-corrected chi connectivity index (χ4v) is 2.67. The zero-order chi connectivity index (χ0) is 15.6. The largest absolute Gasteiger partial charge is 0.287 e. The summed E-state index contributed by atoms with van der Waals surface area (Å²) in [6.07, 6.45) is 2.69. The number of aryl methyl sites for hydroxylation is 1. The molecule has 110 valence electrons. The van der Waals surface area contributed by atoms with Crippen LogP contribution in [0.3, 0.4) is 0 Å². The number of rotatable bonds is 3. The Bertz CT molecular complexity index is 678. The smallest absolute Gasteiger partial charge is 0.276 e. The van der Waals surface area contributed by atoms with Crippen molar-refractivity contribution in [1.82, 2.24) is 0 Å². The van der Waals surface area contributed by atoms with Crippen molar-refractivity contribution in [3.05, 3.63) is 50.2 Å². The van der Waals surface area contributed by atoms with Crippen molar-refractivity contribution in [3.8, 4) is 0 Å². The Balaban J connectivity index is 2.62. The normalized spacial score (nSPS) is 15.3. The number of nitrogens with zero attached hydrogens (tertiary/aromatic N) is 2. The number of nitro benzene ring substituents is 1. The second-order valence-electron chi connectivity index (χ2n) is 4.94. The summed E-state index contributed by atoms with van der Waals surface area (Å²) in [5.41, 5.74) is 2.81. The molecule has 0 radical (unpaired) electrons.